The molecule has 0 heterocycles. The van der Waals surface area contributed by atoms with Gasteiger partial charge in [0.05, 0.1) is 5.69 Å². The van der Waals surface area contributed by atoms with Gasteiger partial charge < -0.3 is 14.7 Å². The highest BCUT2D eigenvalue weighted by Crippen LogP contribution is 2.33. The van der Waals surface area contributed by atoms with Crippen molar-refractivity contribution in [2.24, 2.45) is 0 Å². The molecule has 0 unspecified atom stereocenters. The molecule has 0 amide bonds. The summed E-state index contributed by atoms with van der Waals surface area (Å²) in [5.74, 6) is 0.522. The van der Waals surface area contributed by atoms with Gasteiger partial charge in [-0.25, -0.2) is 4.79 Å². The van der Waals surface area contributed by atoms with E-state index >= 15 is 0 Å². The molecule has 110 valence electrons. The van der Waals surface area contributed by atoms with Crippen molar-refractivity contribution < 1.29 is 14.6 Å². The van der Waals surface area contributed by atoms with Crippen molar-refractivity contribution in [1.29, 1.82) is 0 Å². The van der Waals surface area contributed by atoms with Gasteiger partial charge in [0.25, 0.3) is 0 Å². The first-order valence-electron chi connectivity index (χ1n) is 6.95. The zero-order chi connectivity index (χ0) is 15.2. The van der Waals surface area contributed by atoms with Crippen molar-refractivity contribution in [1.82, 2.24) is 0 Å². The summed E-state index contributed by atoms with van der Waals surface area (Å²) in [6, 6.07) is 16.3. The first kappa shape index (κ1) is 14.9. The number of carboxylic acids is 1. The van der Waals surface area contributed by atoms with Crippen LogP contribution in [-0.2, 0) is 4.79 Å². The SMILES string of the molecule is CCN(c1ccccc1Oc1ccccc1)[C@H](C)C(=O)O. The Morgan fingerprint density at radius 2 is 1.76 bits per heavy atom. The zero-order valence-electron chi connectivity index (χ0n) is 12.2. The van der Waals surface area contributed by atoms with Crippen molar-refractivity contribution >= 4 is 11.7 Å². The highest BCUT2D eigenvalue weighted by atomic mass is 16.5. The Hall–Kier alpha value is -2.49. The van der Waals surface area contributed by atoms with Crippen LogP contribution in [-0.4, -0.2) is 23.7 Å². The molecule has 1 N–H and O–H groups in total. The Labute approximate surface area is 124 Å². The van der Waals surface area contributed by atoms with Crippen LogP contribution in [0.2, 0.25) is 0 Å². The number of hydrogen-bond acceptors (Lipinski definition) is 3. The molecule has 2 rings (SSSR count). The van der Waals surface area contributed by atoms with Crippen molar-refractivity contribution in [2.45, 2.75) is 19.9 Å². The molecule has 0 bridgehead atoms. The summed E-state index contributed by atoms with van der Waals surface area (Å²) in [5, 5.41) is 9.24. The minimum atomic E-state index is -0.855. The molecular formula is C17H19NO3. The average Bonchev–Trinajstić information content (AvgIpc) is 2.50. The molecule has 2 aromatic carbocycles. The van der Waals surface area contributed by atoms with Gasteiger partial charge in [-0.05, 0) is 38.1 Å². The molecule has 0 spiro atoms. The molecule has 4 heteroatoms. The molecule has 0 aromatic heterocycles. The van der Waals surface area contributed by atoms with Gasteiger partial charge in [-0.15, -0.1) is 0 Å². The van der Waals surface area contributed by atoms with E-state index in [-0.39, 0.29) is 0 Å². The van der Waals surface area contributed by atoms with Crippen LogP contribution in [0.4, 0.5) is 5.69 Å². The van der Waals surface area contributed by atoms with Crippen LogP contribution >= 0.6 is 0 Å². The summed E-state index contributed by atoms with van der Waals surface area (Å²) in [5.41, 5.74) is 0.777. The van der Waals surface area contributed by atoms with Crippen LogP contribution in [0.3, 0.4) is 0 Å². The fourth-order valence-electron chi connectivity index (χ4n) is 2.18. The minimum absolute atomic E-state index is 0.586. The van der Waals surface area contributed by atoms with Gasteiger partial charge in [0.2, 0.25) is 0 Å². The molecule has 1 atom stereocenters. The molecule has 21 heavy (non-hydrogen) atoms. The highest BCUT2D eigenvalue weighted by molar-refractivity contribution is 5.79. The highest BCUT2D eigenvalue weighted by Gasteiger charge is 2.22. The number of anilines is 1. The van der Waals surface area contributed by atoms with Gasteiger partial charge >= 0.3 is 5.97 Å². The van der Waals surface area contributed by atoms with E-state index < -0.39 is 12.0 Å². The second-order valence-corrected chi connectivity index (χ2v) is 4.68. The number of carboxylic acid groups (broad SMARTS) is 1. The molecule has 4 nitrogen and oxygen atoms in total. The fraction of sp³-hybridized carbons (Fsp3) is 0.235. The van der Waals surface area contributed by atoms with Crippen molar-refractivity contribution in [3.63, 3.8) is 0 Å². The number of likely N-dealkylation sites (N-methyl/N-ethyl adjacent to an activating group) is 1. The van der Waals surface area contributed by atoms with E-state index in [0.717, 1.165) is 11.4 Å². The lowest BCUT2D eigenvalue weighted by Gasteiger charge is -2.28. The van der Waals surface area contributed by atoms with E-state index in [1.807, 2.05) is 61.5 Å². The zero-order valence-corrected chi connectivity index (χ0v) is 12.2. The third-order valence-corrected chi connectivity index (χ3v) is 3.31. The van der Waals surface area contributed by atoms with E-state index in [0.29, 0.717) is 12.3 Å². The summed E-state index contributed by atoms with van der Waals surface area (Å²) >= 11 is 0. The number of rotatable bonds is 6. The van der Waals surface area contributed by atoms with Crippen LogP contribution < -0.4 is 9.64 Å². The lowest BCUT2D eigenvalue weighted by atomic mass is 10.2. The fourth-order valence-corrected chi connectivity index (χ4v) is 2.18. The van der Waals surface area contributed by atoms with Crippen LogP contribution in [0.25, 0.3) is 0 Å². The molecule has 0 aliphatic heterocycles. The summed E-state index contributed by atoms with van der Waals surface area (Å²) in [6.07, 6.45) is 0. The maximum Gasteiger partial charge on any atom is 0.326 e. The van der Waals surface area contributed by atoms with Gasteiger partial charge in [0.1, 0.15) is 11.8 Å². The minimum Gasteiger partial charge on any atom is -0.480 e. The first-order valence-corrected chi connectivity index (χ1v) is 6.95. The van der Waals surface area contributed by atoms with Crippen LogP contribution in [0.15, 0.2) is 54.6 Å². The summed E-state index contributed by atoms with van der Waals surface area (Å²) in [4.78, 5) is 13.1. The first-order chi connectivity index (χ1) is 10.1. The standard InChI is InChI=1S/C17H19NO3/c1-3-18(13(2)17(19)20)15-11-7-8-12-16(15)21-14-9-5-4-6-10-14/h4-13H,3H2,1-2H3,(H,19,20)/t13-/m1/s1. The van der Waals surface area contributed by atoms with E-state index in [1.54, 1.807) is 11.8 Å². The molecule has 0 saturated heterocycles. The van der Waals surface area contributed by atoms with Gasteiger partial charge in [-0.1, -0.05) is 30.3 Å². The van der Waals surface area contributed by atoms with E-state index in [2.05, 4.69) is 0 Å². The Morgan fingerprint density at radius 1 is 1.14 bits per heavy atom. The number of para-hydroxylation sites is 3. The van der Waals surface area contributed by atoms with Crippen LogP contribution in [0.1, 0.15) is 13.8 Å². The number of benzene rings is 2. The van der Waals surface area contributed by atoms with Crippen molar-refractivity contribution in [2.75, 3.05) is 11.4 Å². The number of carbonyl (C=O) groups is 1. The van der Waals surface area contributed by atoms with Crippen molar-refractivity contribution in [3.05, 3.63) is 54.6 Å². The second kappa shape index (κ2) is 6.79. The third kappa shape index (κ3) is 3.54. The normalized spacial score (nSPS) is 11.7. The Balaban J connectivity index is 2.33. The molecule has 2 aromatic rings. The van der Waals surface area contributed by atoms with E-state index in [4.69, 9.17) is 4.74 Å². The summed E-state index contributed by atoms with van der Waals surface area (Å²) in [6.45, 7) is 4.19. The Kier molecular flexibility index (Phi) is 4.82. The molecule has 0 fully saturated rings. The summed E-state index contributed by atoms with van der Waals surface area (Å²) in [7, 11) is 0. The lowest BCUT2D eigenvalue weighted by molar-refractivity contribution is -0.138. The average molecular weight is 285 g/mol. The molecule has 0 aliphatic carbocycles. The Bertz CT molecular complexity index is 598. The third-order valence-electron chi connectivity index (χ3n) is 3.31. The molecule has 0 saturated carbocycles. The molecular weight excluding hydrogens is 266 g/mol. The quantitative estimate of drug-likeness (QED) is 0.877. The molecule has 0 aliphatic rings. The maximum absolute atomic E-state index is 11.3. The monoisotopic (exact) mass is 285 g/mol. The Morgan fingerprint density at radius 3 is 2.38 bits per heavy atom. The van der Waals surface area contributed by atoms with Crippen LogP contribution in [0, 0.1) is 0 Å². The lowest BCUT2D eigenvalue weighted by Crippen LogP contribution is -2.39. The van der Waals surface area contributed by atoms with Gasteiger partial charge in [0.15, 0.2) is 5.75 Å². The van der Waals surface area contributed by atoms with E-state index in [1.165, 1.54) is 0 Å². The number of aliphatic carboxylic acids is 1. The topological polar surface area (TPSA) is 49.8 Å². The summed E-state index contributed by atoms with van der Waals surface area (Å²) < 4.78 is 5.89. The van der Waals surface area contributed by atoms with Crippen molar-refractivity contribution in [3.8, 4) is 11.5 Å². The number of ether oxygens (including phenoxy) is 1. The van der Waals surface area contributed by atoms with Crippen LogP contribution in [0.5, 0.6) is 11.5 Å². The van der Waals surface area contributed by atoms with Gasteiger partial charge in [-0.3, -0.25) is 0 Å². The second-order valence-electron chi connectivity index (χ2n) is 4.68. The predicted molar refractivity (Wildman–Crippen MR) is 83.1 cm³/mol. The van der Waals surface area contributed by atoms with E-state index in [9.17, 15) is 9.90 Å². The van der Waals surface area contributed by atoms with Gasteiger partial charge in [-0.2, -0.15) is 0 Å². The van der Waals surface area contributed by atoms with Gasteiger partial charge in [0, 0.05) is 6.54 Å². The number of hydrogen-bond donors (Lipinski definition) is 1. The predicted octanol–water partition coefficient (Wildman–Crippen LogP) is 3.78. The molecule has 0 radical (unpaired) electrons. The maximum atomic E-state index is 11.3. The largest absolute Gasteiger partial charge is 0.480 e. The number of nitrogens with zero attached hydrogens (tertiary/aromatic N) is 1. The smallest absolute Gasteiger partial charge is 0.326 e.